The van der Waals surface area contributed by atoms with E-state index in [0.29, 0.717) is 6.54 Å². The standard InChI is InChI=1S/C20H18ClF2N5O2/c21-27-28-26-11-14-3-1-13(2-4-14)10-24-19(29)18-9-16(23)12-25-20(18)30-17-7-5-15(22)6-8-17/h1-9,12,26-28H,10-11H2,(H,24,29). The number of hydrazine groups is 2. The summed E-state index contributed by atoms with van der Waals surface area (Å²) in [5.41, 5.74) is 7.15. The second-order valence-electron chi connectivity index (χ2n) is 6.13. The van der Waals surface area contributed by atoms with Crippen LogP contribution in [0.1, 0.15) is 21.5 Å². The molecule has 0 saturated heterocycles. The molecule has 0 bridgehead atoms. The SMILES string of the molecule is O=C(NCc1ccc(CNNNCl)cc1)c1cc(F)cnc1Oc1ccc(F)cc1. The predicted octanol–water partition coefficient (Wildman–Crippen LogP) is 3.33. The summed E-state index contributed by atoms with van der Waals surface area (Å²) in [5, 5.41) is 2.71. The smallest absolute Gasteiger partial charge is 0.257 e. The quantitative estimate of drug-likeness (QED) is 0.235. The van der Waals surface area contributed by atoms with E-state index in [2.05, 4.69) is 26.2 Å². The average molecular weight is 434 g/mol. The van der Waals surface area contributed by atoms with Gasteiger partial charge in [-0.15, -0.1) is 0 Å². The van der Waals surface area contributed by atoms with Gasteiger partial charge < -0.3 is 10.1 Å². The summed E-state index contributed by atoms with van der Waals surface area (Å²) in [6.07, 6.45) is 0.941. The van der Waals surface area contributed by atoms with Crippen molar-refractivity contribution in [2.24, 2.45) is 0 Å². The lowest BCUT2D eigenvalue weighted by molar-refractivity contribution is 0.0947. The Balaban J connectivity index is 1.64. The molecule has 4 N–H and O–H groups in total. The molecule has 0 aliphatic heterocycles. The van der Waals surface area contributed by atoms with Crippen molar-refractivity contribution in [2.75, 3.05) is 0 Å². The van der Waals surface area contributed by atoms with Gasteiger partial charge in [-0.05, 0) is 53.2 Å². The Bertz CT molecular complexity index is 987. The van der Waals surface area contributed by atoms with Gasteiger partial charge >= 0.3 is 0 Å². The lowest BCUT2D eigenvalue weighted by Crippen LogP contribution is -2.37. The molecule has 0 aliphatic carbocycles. The Morgan fingerprint density at radius 1 is 0.967 bits per heavy atom. The third-order valence-corrected chi connectivity index (χ3v) is 4.09. The molecular formula is C20H18ClF2N5O2. The van der Waals surface area contributed by atoms with E-state index in [4.69, 9.17) is 16.5 Å². The Morgan fingerprint density at radius 2 is 1.63 bits per heavy atom. The van der Waals surface area contributed by atoms with Crippen LogP contribution < -0.4 is 26.0 Å². The predicted molar refractivity (Wildman–Crippen MR) is 107 cm³/mol. The summed E-state index contributed by atoms with van der Waals surface area (Å²) >= 11 is 5.27. The summed E-state index contributed by atoms with van der Waals surface area (Å²) in [6.45, 7) is 0.756. The second kappa shape index (κ2) is 10.6. The van der Waals surface area contributed by atoms with E-state index < -0.39 is 17.5 Å². The number of nitrogens with zero attached hydrogens (tertiary/aromatic N) is 1. The van der Waals surface area contributed by atoms with Crippen LogP contribution in [0.25, 0.3) is 0 Å². The van der Waals surface area contributed by atoms with Gasteiger partial charge in [0.15, 0.2) is 0 Å². The van der Waals surface area contributed by atoms with Crippen molar-refractivity contribution in [3.05, 3.63) is 89.1 Å². The highest BCUT2D eigenvalue weighted by Crippen LogP contribution is 2.24. The van der Waals surface area contributed by atoms with Crippen LogP contribution in [0, 0.1) is 11.6 Å². The van der Waals surface area contributed by atoms with E-state index >= 15 is 0 Å². The summed E-state index contributed by atoms with van der Waals surface area (Å²) in [6, 6.07) is 13.7. The molecule has 7 nitrogen and oxygen atoms in total. The lowest BCUT2D eigenvalue weighted by atomic mass is 10.1. The van der Waals surface area contributed by atoms with Crippen molar-refractivity contribution < 1.29 is 18.3 Å². The van der Waals surface area contributed by atoms with Crippen molar-refractivity contribution in [2.45, 2.75) is 13.1 Å². The number of carbonyl (C=O) groups excluding carboxylic acids is 1. The van der Waals surface area contributed by atoms with Crippen molar-refractivity contribution in [3.63, 3.8) is 0 Å². The highest BCUT2D eigenvalue weighted by Gasteiger charge is 2.16. The summed E-state index contributed by atoms with van der Waals surface area (Å²) in [7, 11) is 0. The van der Waals surface area contributed by atoms with Crippen molar-refractivity contribution >= 4 is 17.7 Å². The van der Waals surface area contributed by atoms with Gasteiger partial charge in [-0.2, -0.15) is 10.5 Å². The molecule has 10 heteroatoms. The Labute approximate surface area is 176 Å². The molecule has 30 heavy (non-hydrogen) atoms. The molecule has 0 saturated carbocycles. The molecular weight excluding hydrogens is 416 g/mol. The number of nitrogens with one attached hydrogen (secondary N) is 4. The van der Waals surface area contributed by atoms with Gasteiger partial charge in [0, 0.05) is 13.1 Å². The number of hydrogen-bond donors (Lipinski definition) is 4. The van der Waals surface area contributed by atoms with Crippen molar-refractivity contribution in [3.8, 4) is 11.6 Å². The Morgan fingerprint density at radius 3 is 2.30 bits per heavy atom. The molecule has 3 rings (SSSR count). The number of amides is 1. The third kappa shape index (κ3) is 6.19. The molecule has 0 aliphatic rings. The normalized spacial score (nSPS) is 10.6. The van der Waals surface area contributed by atoms with Gasteiger partial charge in [0.25, 0.3) is 5.91 Å². The molecule has 2 aromatic carbocycles. The van der Waals surface area contributed by atoms with Gasteiger partial charge in [0.05, 0.1) is 6.20 Å². The monoisotopic (exact) mass is 433 g/mol. The van der Waals surface area contributed by atoms with Gasteiger partial charge in [-0.3, -0.25) is 4.79 Å². The number of pyridine rings is 1. The maximum absolute atomic E-state index is 13.7. The first-order chi connectivity index (χ1) is 14.5. The second-order valence-corrected chi connectivity index (χ2v) is 6.32. The number of rotatable bonds is 9. The van der Waals surface area contributed by atoms with Gasteiger partial charge in [-0.25, -0.2) is 19.2 Å². The van der Waals surface area contributed by atoms with E-state index in [0.717, 1.165) is 23.4 Å². The van der Waals surface area contributed by atoms with Crippen molar-refractivity contribution in [1.29, 1.82) is 0 Å². The lowest BCUT2D eigenvalue weighted by Gasteiger charge is -2.11. The summed E-state index contributed by atoms with van der Waals surface area (Å²) in [4.78, 5) is 18.6. The van der Waals surface area contributed by atoms with Crippen LogP contribution in [0.3, 0.4) is 0 Å². The fourth-order valence-electron chi connectivity index (χ4n) is 2.52. The highest BCUT2D eigenvalue weighted by atomic mass is 35.5. The molecule has 1 aromatic heterocycles. The first-order valence-corrected chi connectivity index (χ1v) is 9.21. The van der Waals surface area contributed by atoms with E-state index in [1.807, 2.05) is 24.3 Å². The van der Waals surface area contributed by atoms with Crippen LogP contribution in [0.5, 0.6) is 11.6 Å². The molecule has 1 amide bonds. The maximum Gasteiger partial charge on any atom is 0.257 e. The van der Waals surface area contributed by atoms with Gasteiger partial charge in [-0.1, -0.05) is 24.3 Å². The molecule has 0 radical (unpaired) electrons. The highest BCUT2D eigenvalue weighted by molar-refractivity contribution is 6.13. The molecule has 156 valence electrons. The Kier molecular flexibility index (Phi) is 7.63. The first kappa shape index (κ1) is 21.6. The molecule has 0 fully saturated rings. The first-order valence-electron chi connectivity index (χ1n) is 8.83. The summed E-state index contributed by atoms with van der Waals surface area (Å²) < 4.78 is 32.2. The Hall–Kier alpha value is -3.11. The largest absolute Gasteiger partial charge is 0.438 e. The minimum atomic E-state index is -0.677. The minimum absolute atomic E-state index is 0.0696. The number of hydrogen-bond acceptors (Lipinski definition) is 6. The molecule has 3 aromatic rings. The number of halogens is 3. The van der Waals surface area contributed by atoms with Crippen LogP contribution in [0.4, 0.5) is 8.78 Å². The number of ether oxygens (including phenoxy) is 1. The zero-order chi connectivity index (χ0) is 21.3. The average Bonchev–Trinajstić information content (AvgIpc) is 2.76. The third-order valence-electron chi connectivity index (χ3n) is 3.99. The minimum Gasteiger partial charge on any atom is -0.438 e. The molecule has 1 heterocycles. The maximum atomic E-state index is 13.7. The van der Waals surface area contributed by atoms with Crippen LogP contribution in [-0.2, 0) is 13.1 Å². The number of aromatic nitrogens is 1. The number of carbonyl (C=O) groups is 1. The zero-order valence-electron chi connectivity index (χ0n) is 15.6. The zero-order valence-corrected chi connectivity index (χ0v) is 16.3. The van der Waals surface area contributed by atoms with Crippen LogP contribution in [-0.4, -0.2) is 10.9 Å². The molecule has 0 atom stereocenters. The topological polar surface area (TPSA) is 87.3 Å². The van der Waals surface area contributed by atoms with Crippen molar-refractivity contribution in [1.82, 2.24) is 26.2 Å². The van der Waals surface area contributed by atoms with Crippen LogP contribution in [0.2, 0.25) is 0 Å². The molecule has 0 unspecified atom stereocenters. The van der Waals surface area contributed by atoms with Gasteiger partial charge in [0.2, 0.25) is 5.88 Å². The summed E-state index contributed by atoms with van der Waals surface area (Å²) in [5.74, 6) is -1.47. The van der Waals surface area contributed by atoms with E-state index in [1.54, 1.807) is 0 Å². The van der Waals surface area contributed by atoms with Crippen LogP contribution in [0.15, 0.2) is 60.8 Å². The number of benzene rings is 2. The van der Waals surface area contributed by atoms with Gasteiger partial charge in [0.1, 0.15) is 22.9 Å². The molecule has 0 spiro atoms. The van der Waals surface area contributed by atoms with E-state index in [9.17, 15) is 13.6 Å². The fourth-order valence-corrected chi connectivity index (χ4v) is 2.58. The van der Waals surface area contributed by atoms with E-state index in [1.165, 1.54) is 24.3 Å². The van der Waals surface area contributed by atoms with Crippen LogP contribution >= 0.6 is 11.8 Å². The fraction of sp³-hybridized carbons (Fsp3) is 0.100. The van der Waals surface area contributed by atoms with E-state index in [-0.39, 0.29) is 23.7 Å².